The normalized spacial score (nSPS) is 15.1. The van der Waals surface area contributed by atoms with Gasteiger partial charge in [-0.25, -0.2) is 0 Å². The summed E-state index contributed by atoms with van der Waals surface area (Å²) in [5, 5.41) is 11.6. The minimum atomic E-state index is -0.517. The van der Waals surface area contributed by atoms with Crippen LogP contribution in [0.4, 0.5) is 0 Å². The first-order valence-corrected chi connectivity index (χ1v) is 5.50. The van der Waals surface area contributed by atoms with Gasteiger partial charge < -0.3 is 15.2 Å². The molecule has 4 nitrogen and oxygen atoms in total. The molecule has 0 aliphatic carbocycles. The van der Waals surface area contributed by atoms with E-state index in [-0.39, 0.29) is 12.5 Å². The number of rotatable bonds is 7. The average molecular weight is 217 g/mol. The van der Waals surface area contributed by atoms with Gasteiger partial charge in [-0.3, -0.25) is 4.79 Å². The maximum atomic E-state index is 11.4. The first-order valence-electron chi connectivity index (χ1n) is 5.50. The highest BCUT2D eigenvalue weighted by Crippen LogP contribution is 2.01. The molecule has 0 saturated carbocycles. The largest absolute Gasteiger partial charge is 0.392 e. The van der Waals surface area contributed by atoms with Gasteiger partial charge in [-0.15, -0.1) is 0 Å². The molecular weight excluding hydrogens is 194 g/mol. The molecule has 2 atom stereocenters. The van der Waals surface area contributed by atoms with Crippen LogP contribution in [0.5, 0.6) is 0 Å². The van der Waals surface area contributed by atoms with Crippen molar-refractivity contribution in [3.05, 3.63) is 0 Å². The van der Waals surface area contributed by atoms with Crippen LogP contribution in [0.15, 0.2) is 0 Å². The van der Waals surface area contributed by atoms with Crippen LogP contribution in [0.2, 0.25) is 0 Å². The van der Waals surface area contributed by atoms with Crippen LogP contribution in [-0.2, 0) is 9.53 Å². The van der Waals surface area contributed by atoms with Crippen LogP contribution in [-0.4, -0.2) is 36.4 Å². The number of carbonyl (C=O) groups is 1. The monoisotopic (exact) mass is 217 g/mol. The summed E-state index contributed by atoms with van der Waals surface area (Å²) in [7, 11) is 0. The van der Waals surface area contributed by atoms with E-state index in [0.717, 1.165) is 6.42 Å². The van der Waals surface area contributed by atoms with Gasteiger partial charge in [0, 0.05) is 13.2 Å². The molecule has 0 aromatic carbocycles. The van der Waals surface area contributed by atoms with Crippen molar-refractivity contribution in [2.75, 3.05) is 13.2 Å². The summed E-state index contributed by atoms with van der Waals surface area (Å²) in [6.07, 6.45) is -0.00656. The summed E-state index contributed by atoms with van der Waals surface area (Å²) >= 11 is 0. The molecule has 0 aromatic rings. The van der Waals surface area contributed by atoms with Crippen LogP contribution in [0.3, 0.4) is 0 Å². The van der Waals surface area contributed by atoms with E-state index in [1.54, 1.807) is 13.8 Å². The van der Waals surface area contributed by atoms with Crippen LogP contribution >= 0.6 is 0 Å². The maximum absolute atomic E-state index is 11.4. The van der Waals surface area contributed by atoms with E-state index in [0.29, 0.717) is 12.5 Å². The average Bonchev–Trinajstić information content (AvgIpc) is 2.13. The Morgan fingerprint density at radius 1 is 1.33 bits per heavy atom. The molecule has 2 unspecified atom stereocenters. The van der Waals surface area contributed by atoms with Crippen LogP contribution < -0.4 is 5.32 Å². The van der Waals surface area contributed by atoms with Crippen molar-refractivity contribution in [2.24, 2.45) is 5.92 Å². The second-order valence-electron chi connectivity index (χ2n) is 4.29. The first-order chi connectivity index (χ1) is 6.93. The molecule has 15 heavy (non-hydrogen) atoms. The molecule has 0 fully saturated rings. The zero-order valence-electron chi connectivity index (χ0n) is 10.1. The van der Waals surface area contributed by atoms with Crippen LogP contribution in [0, 0.1) is 5.92 Å². The van der Waals surface area contributed by atoms with Gasteiger partial charge >= 0.3 is 0 Å². The number of hydrogen-bond donors (Lipinski definition) is 2. The van der Waals surface area contributed by atoms with Crippen molar-refractivity contribution in [3.8, 4) is 0 Å². The Balaban J connectivity index is 3.60. The van der Waals surface area contributed by atoms with Crippen LogP contribution in [0.1, 0.15) is 34.1 Å². The number of nitrogens with one attached hydrogen (secondary N) is 1. The van der Waals surface area contributed by atoms with Crippen molar-refractivity contribution in [1.82, 2.24) is 5.32 Å². The summed E-state index contributed by atoms with van der Waals surface area (Å²) in [4.78, 5) is 11.4. The zero-order chi connectivity index (χ0) is 11.8. The van der Waals surface area contributed by atoms with Gasteiger partial charge in [0.2, 0.25) is 5.91 Å². The minimum absolute atomic E-state index is 0.167. The van der Waals surface area contributed by atoms with Gasteiger partial charge in [0.05, 0.1) is 6.10 Å². The lowest BCUT2D eigenvalue weighted by Crippen LogP contribution is -2.38. The third-order valence-electron chi connectivity index (χ3n) is 2.00. The number of aliphatic hydroxyl groups excluding tert-OH is 1. The third kappa shape index (κ3) is 8.39. The lowest BCUT2D eigenvalue weighted by molar-refractivity contribution is -0.132. The van der Waals surface area contributed by atoms with E-state index in [9.17, 15) is 4.79 Å². The van der Waals surface area contributed by atoms with Gasteiger partial charge in [-0.2, -0.15) is 0 Å². The van der Waals surface area contributed by atoms with E-state index in [1.165, 1.54) is 0 Å². The summed E-state index contributed by atoms with van der Waals surface area (Å²) in [5.41, 5.74) is 0. The fourth-order valence-corrected chi connectivity index (χ4v) is 0.948. The Morgan fingerprint density at radius 2 is 1.93 bits per heavy atom. The van der Waals surface area contributed by atoms with E-state index in [2.05, 4.69) is 19.2 Å². The van der Waals surface area contributed by atoms with Gasteiger partial charge in [0.15, 0.2) is 0 Å². The molecule has 0 aliphatic heterocycles. The Bertz CT molecular complexity index is 181. The van der Waals surface area contributed by atoms with Gasteiger partial charge in [-0.05, 0) is 26.2 Å². The van der Waals surface area contributed by atoms with E-state index >= 15 is 0 Å². The lowest BCUT2D eigenvalue weighted by atomic mass is 10.1. The molecule has 4 heteroatoms. The molecule has 0 saturated heterocycles. The SMILES string of the molecule is CC(C)CCOC(C)C(=O)NCC(C)O. The predicted molar refractivity (Wildman–Crippen MR) is 59.6 cm³/mol. The number of carbonyl (C=O) groups excluding carboxylic acids is 1. The van der Waals surface area contributed by atoms with E-state index in [1.807, 2.05) is 0 Å². The Hall–Kier alpha value is -0.610. The standard InChI is InChI=1S/C11H23NO3/c1-8(2)5-6-15-10(4)11(14)12-7-9(3)13/h8-10,13H,5-7H2,1-4H3,(H,12,14). The molecule has 0 spiro atoms. The predicted octanol–water partition coefficient (Wildman–Crippen LogP) is 0.935. The number of ether oxygens (including phenoxy) is 1. The molecule has 90 valence electrons. The van der Waals surface area contributed by atoms with Crippen molar-refractivity contribution in [1.29, 1.82) is 0 Å². The fraction of sp³-hybridized carbons (Fsp3) is 0.909. The summed E-state index contributed by atoms with van der Waals surface area (Å²) in [5.74, 6) is 0.414. The number of hydrogen-bond acceptors (Lipinski definition) is 3. The van der Waals surface area contributed by atoms with Crippen molar-refractivity contribution >= 4 is 5.91 Å². The molecule has 1 amide bonds. The maximum Gasteiger partial charge on any atom is 0.248 e. The summed E-state index contributed by atoms with van der Waals surface area (Å²) < 4.78 is 5.35. The molecule has 2 N–H and O–H groups in total. The Morgan fingerprint density at radius 3 is 2.40 bits per heavy atom. The van der Waals surface area contributed by atoms with E-state index in [4.69, 9.17) is 9.84 Å². The Kier molecular flexibility index (Phi) is 7.34. The van der Waals surface area contributed by atoms with E-state index < -0.39 is 12.2 Å². The minimum Gasteiger partial charge on any atom is -0.392 e. The topological polar surface area (TPSA) is 58.6 Å². The summed E-state index contributed by atoms with van der Waals surface area (Å²) in [6.45, 7) is 8.45. The van der Waals surface area contributed by atoms with Crippen molar-refractivity contribution in [2.45, 2.75) is 46.3 Å². The second kappa shape index (κ2) is 7.65. The molecule has 0 bridgehead atoms. The molecular formula is C11H23NO3. The number of amides is 1. The molecule has 0 aromatic heterocycles. The highest BCUT2D eigenvalue weighted by atomic mass is 16.5. The lowest BCUT2D eigenvalue weighted by Gasteiger charge is -2.14. The molecule has 0 radical (unpaired) electrons. The van der Waals surface area contributed by atoms with Crippen molar-refractivity contribution < 1.29 is 14.6 Å². The van der Waals surface area contributed by atoms with Crippen molar-refractivity contribution in [3.63, 3.8) is 0 Å². The van der Waals surface area contributed by atoms with Gasteiger partial charge in [0.25, 0.3) is 0 Å². The Labute approximate surface area is 92.0 Å². The third-order valence-corrected chi connectivity index (χ3v) is 2.00. The first kappa shape index (κ1) is 14.4. The number of aliphatic hydroxyl groups is 1. The second-order valence-corrected chi connectivity index (χ2v) is 4.29. The summed E-state index contributed by atoms with van der Waals surface area (Å²) in [6, 6.07) is 0. The smallest absolute Gasteiger partial charge is 0.248 e. The zero-order valence-corrected chi connectivity index (χ0v) is 10.1. The highest BCUT2D eigenvalue weighted by molar-refractivity contribution is 5.80. The fourth-order valence-electron chi connectivity index (χ4n) is 0.948. The molecule has 0 heterocycles. The quantitative estimate of drug-likeness (QED) is 0.667. The highest BCUT2D eigenvalue weighted by Gasteiger charge is 2.13. The molecule has 0 rings (SSSR count). The molecule has 0 aliphatic rings. The van der Waals surface area contributed by atoms with Crippen LogP contribution in [0.25, 0.3) is 0 Å². The van der Waals surface area contributed by atoms with Gasteiger partial charge in [0.1, 0.15) is 6.10 Å². The van der Waals surface area contributed by atoms with Gasteiger partial charge in [-0.1, -0.05) is 13.8 Å².